The van der Waals surface area contributed by atoms with Crippen LogP contribution in [0.15, 0.2) is 71.6 Å². The number of rotatable bonds is 7. The van der Waals surface area contributed by atoms with Crippen molar-refractivity contribution in [3.8, 4) is 0 Å². The van der Waals surface area contributed by atoms with Crippen LogP contribution in [0.3, 0.4) is 0 Å². The number of halogens is 3. The summed E-state index contributed by atoms with van der Waals surface area (Å²) in [7, 11) is -2.36. The van der Waals surface area contributed by atoms with Crippen LogP contribution in [0.5, 0.6) is 0 Å². The number of carbonyl (C=O) groups excluding carboxylic acids is 1. The van der Waals surface area contributed by atoms with Crippen molar-refractivity contribution in [1.29, 1.82) is 0 Å². The van der Waals surface area contributed by atoms with Crippen LogP contribution in [0, 0.1) is 17.5 Å². The lowest BCUT2D eigenvalue weighted by Crippen LogP contribution is -2.28. The maximum Gasteiger partial charge on any atom is 0.261 e. The van der Waals surface area contributed by atoms with Crippen molar-refractivity contribution in [3.05, 3.63) is 95.3 Å². The first-order chi connectivity index (χ1) is 14.6. The minimum atomic E-state index is -3.88. The Kier molecular flexibility index (Phi) is 6.65. The monoisotopic (exact) mass is 448 g/mol. The average molecular weight is 448 g/mol. The molecular weight excluding hydrogens is 429 g/mol. The molecule has 0 aromatic heterocycles. The van der Waals surface area contributed by atoms with Crippen molar-refractivity contribution < 1.29 is 26.4 Å². The molecule has 0 heterocycles. The van der Waals surface area contributed by atoms with E-state index in [1.54, 1.807) is 12.1 Å². The van der Waals surface area contributed by atoms with Gasteiger partial charge in [-0.2, -0.15) is 0 Å². The molecule has 0 saturated carbocycles. The lowest BCUT2D eigenvalue weighted by atomic mass is 10.1. The van der Waals surface area contributed by atoms with Crippen molar-refractivity contribution in [2.45, 2.75) is 17.9 Å². The standard InChI is InChI=1S/C22H19F3N2O3S/c1-27(14-16-4-5-18(24)13-21(16)25)22(28)12-15-2-8-19(9-3-15)26-31(29,30)20-10-6-17(23)7-11-20/h2-11,13,26H,12,14H2,1H3. The number of amides is 1. The molecule has 0 aliphatic carbocycles. The van der Waals surface area contributed by atoms with Crippen molar-refractivity contribution in [2.75, 3.05) is 11.8 Å². The number of anilines is 1. The van der Waals surface area contributed by atoms with E-state index in [0.717, 1.165) is 36.4 Å². The van der Waals surface area contributed by atoms with E-state index >= 15 is 0 Å². The summed E-state index contributed by atoms with van der Waals surface area (Å²) in [5.41, 5.74) is 1.10. The van der Waals surface area contributed by atoms with E-state index in [1.165, 1.54) is 30.1 Å². The highest BCUT2D eigenvalue weighted by molar-refractivity contribution is 7.92. The van der Waals surface area contributed by atoms with E-state index in [2.05, 4.69) is 4.72 Å². The molecule has 0 radical (unpaired) electrons. The molecular formula is C22H19F3N2O3S. The number of nitrogens with one attached hydrogen (secondary N) is 1. The molecule has 0 spiro atoms. The molecule has 0 atom stereocenters. The Bertz CT molecular complexity index is 1180. The lowest BCUT2D eigenvalue weighted by Gasteiger charge is -2.18. The van der Waals surface area contributed by atoms with Crippen LogP contribution in [0.25, 0.3) is 0 Å². The number of carbonyl (C=O) groups is 1. The molecule has 0 aliphatic heterocycles. The summed E-state index contributed by atoms with van der Waals surface area (Å²) in [4.78, 5) is 13.6. The number of likely N-dealkylation sites (N-methyl/N-ethyl adjacent to an activating group) is 1. The molecule has 3 aromatic rings. The second kappa shape index (κ2) is 9.22. The number of benzene rings is 3. The zero-order valence-corrected chi connectivity index (χ0v) is 17.3. The second-order valence-corrected chi connectivity index (χ2v) is 8.60. The predicted molar refractivity (Wildman–Crippen MR) is 110 cm³/mol. The molecule has 0 bridgehead atoms. The fourth-order valence-corrected chi connectivity index (χ4v) is 3.88. The third-order valence-electron chi connectivity index (χ3n) is 4.53. The van der Waals surface area contributed by atoms with E-state index in [1.807, 2.05) is 0 Å². The van der Waals surface area contributed by atoms with E-state index in [4.69, 9.17) is 0 Å². The van der Waals surface area contributed by atoms with Gasteiger partial charge in [0.2, 0.25) is 5.91 Å². The number of sulfonamides is 1. The Morgan fingerprint density at radius 1 is 0.903 bits per heavy atom. The van der Waals surface area contributed by atoms with Gasteiger partial charge >= 0.3 is 0 Å². The van der Waals surface area contributed by atoms with Crippen LogP contribution >= 0.6 is 0 Å². The van der Waals surface area contributed by atoms with Gasteiger partial charge in [-0.15, -0.1) is 0 Å². The van der Waals surface area contributed by atoms with Gasteiger partial charge in [0, 0.05) is 30.9 Å². The molecule has 162 valence electrons. The Hall–Kier alpha value is -3.33. The maximum atomic E-state index is 13.8. The van der Waals surface area contributed by atoms with Gasteiger partial charge in [-0.05, 0) is 48.0 Å². The number of nitrogens with zero attached hydrogens (tertiary/aromatic N) is 1. The van der Waals surface area contributed by atoms with E-state index < -0.39 is 27.5 Å². The van der Waals surface area contributed by atoms with Crippen LogP contribution < -0.4 is 4.72 Å². The minimum Gasteiger partial charge on any atom is -0.341 e. The molecule has 0 aliphatic rings. The van der Waals surface area contributed by atoms with Gasteiger partial charge in [0.25, 0.3) is 10.0 Å². The molecule has 0 unspecified atom stereocenters. The average Bonchev–Trinajstić information content (AvgIpc) is 2.71. The van der Waals surface area contributed by atoms with Gasteiger partial charge < -0.3 is 4.90 Å². The first-order valence-corrected chi connectivity index (χ1v) is 10.7. The van der Waals surface area contributed by atoms with Gasteiger partial charge in [0.15, 0.2) is 0 Å². The molecule has 0 fully saturated rings. The van der Waals surface area contributed by atoms with Gasteiger partial charge in [-0.3, -0.25) is 9.52 Å². The summed E-state index contributed by atoms with van der Waals surface area (Å²) < 4.78 is 66.8. The summed E-state index contributed by atoms with van der Waals surface area (Å²) in [6.07, 6.45) is 0.0182. The first kappa shape index (κ1) is 22.4. The van der Waals surface area contributed by atoms with E-state index in [0.29, 0.717) is 5.56 Å². The predicted octanol–water partition coefficient (Wildman–Crippen LogP) is 4.11. The second-order valence-electron chi connectivity index (χ2n) is 6.92. The van der Waals surface area contributed by atoms with Crippen LogP contribution in [0.2, 0.25) is 0 Å². The fourth-order valence-electron chi connectivity index (χ4n) is 2.82. The Labute approximate surface area is 178 Å². The number of hydrogen-bond acceptors (Lipinski definition) is 3. The highest BCUT2D eigenvalue weighted by Crippen LogP contribution is 2.18. The molecule has 0 saturated heterocycles. The smallest absolute Gasteiger partial charge is 0.261 e. The van der Waals surface area contributed by atoms with Crippen LogP contribution in [-0.2, 0) is 27.8 Å². The SMILES string of the molecule is CN(Cc1ccc(F)cc1F)C(=O)Cc1ccc(NS(=O)(=O)c2ccc(F)cc2)cc1. The van der Waals surface area contributed by atoms with Crippen LogP contribution in [0.4, 0.5) is 18.9 Å². The highest BCUT2D eigenvalue weighted by atomic mass is 32.2. The van der Waals surface area contributed by atoms with Crippen molar-refractivity contribution in [1.82, 2.24) is 4.90 Å². The van der Waals surface area contributed by atoms with Gasteiger partial charge in [-0.1, -0.05) is 18.2 Å². The Morgan fingerprint density at radius 3 is 2.13 bits per heavy atom. The molecule has 1 N–H and O–H groups in total. The maximum absolute atomic E-state index is 13.8. The molecule has 1 amide bonds. The van der Waals surface area contributed by atoms with Crippen LogP contribution in [-0.4, -0.2) is 26.3 Å². The van der Waals surface area contributed by atoms with Gasteiger partial charge in [0.05, 0.1) is 11.3 Å². The molecule has 9 heteroatoms. The third kappa shape index (κ3) is 5.85. The summed E-state index contributed by atoms with van der Waals surface area (Å²) in [5.74, 6) is -2.24. The zero-order valence-electron chi connectivity index (χ0n) is 16.5. The summed E-state index contributed by atoms with van der Waals surface area (Å²) in [5, 5.41) is 0. The third-order valence-corrected chi connectivity index (χ3v) is 5.93. The molecule has 3 aromatic carbocycles. The van der Waals surface area contributed by atoms with Crippen molar-refractivity contribution >= 4 is 21.6 Å². The first-order valence-electron chi connectivity index (χ1n) is 9.19. The highest BCUT2D eigenvalue weighted by Gasteiger charge is 2.15. The van der Waals surface area contributed by atoms with E-state index in [-0.39, 0.29) is 35.0 Å². The fraction of sp³-hybridized carbons (Fsp3) is 0.136. The summed E-state index contributed by atoms with van der Waals surface area (Å²) in [6, 6.07) is 13.8. The zero-order chi connectivity index (χ0) is 22.6. The minimum absolute atomic E-state index is 0.0134. The van der Waals surface area contributed by atoms with E-state index in [9.17, 15) is 26.4 Å². The largest absolute Gasteiger partial charge is 0.341 e. The molecule has 3 rings (SSSR count). The summed E-state index contributed by atoms with van der Waals surface area (Å²) in [6.45, 7) is -0.0134. The summed E-state index contributed by atoms with van der Waals surface area (Å²) >= 11 is 0. The van der Waals surface area contributed by atoms with Gasteiger partial charge in [0.1, 0.15) is 17.5 Å². The normalized spacial score (nSPS) is 11.2. The topological polar surface area (TPSA) is 66.5 Å². The van der Waals surface area contributed by atoms with Crippen LogP contribution in [0.1, 0.15) is 11.1 Å². The molecule has 31 heavy (non-hydrogen) atoms. The van der Waals surface area contributed by atoms with Gasteiger partial charge in [-0.25, -0.2) is 21.6 Å². The van der Waals surface area contributed by atoms with Crippen molar-refractivity contribution in [3.63, 3.8) is 0 Å². The Morgan fingerprint density at radius 2 is 1.52 bits per heavy atom. The quantitative estimate of drug-likeness (QED) is 0.592. The molecule has 5 nitrogen and oxygen atoms in total. The number of hydrogen-bond donors (Lipinski definition) is 1. The lowest BCUT2D eigenvalue weighted by molar-refractivity contribution is -0.129. The Balaban J connectivity index is 1.62. The van der Waals surface area contributed by atoms with Crippen molar-refractivity contribution in [2.24, 2.45) is 0 Å².